The van der Waals surface area contributed by atoms with Gasteiger partial charge in [0.2, 0.25) is 0 Å². The van der Waals surface area contributed by atoms with Crippen LogP contribution < -0.4 is 34.7 Å². The Morgan fingerprint density at radius 3 is 1.71 bits per heavy atom. The van der Waals surface area contributed by atoms with Crippen LogP contribution in [0.3, 0.4) is 0 Å². The number of hydrogen-bond donors (Lipinski definition) is 1. The molecule has 0 radical (unpaired) electrons. The van der Waals surface area contributed by atoms with Crippen LogP contribution in [-0.4, -0.2) is 24.7 Å². The van der Waals surface area contributed by atoms with Gasteiger partial charge in [-0.2, -0.15) is 8.42 Å². The van der Waals surface area contributed by atoms with Gasteiger partial charge in [-0.15, -0.1) is 0 Å². The van der Waals surface area contributed by atoms with E-state index in [1.54, 1.807) is 0 Å². The second-order valence-electron chi connectivity index (χ2n) is 6.89. The van der Waals surface area contributed by atoms with Crippen molar-refractivity contribution in [1.82, 2.24) is 0 Å². The zero-order valence-corrected chi connectivity index (χ0v) is 18.4. The fraction of sp³-hybridized carbons (Fsp3) is 0.941. The summed E-state index contributed by atoms with van der Waals surface area (Å²) >= 11 is 0. The van der Waals surface area contributed by atoms with Gasteiger partial charge in [0.1, 0.15) is 0 Å². The Morgan fingerprint density at radius 1 is 0.875 bits per heavy atom. The quantitative estimate of drug-likeness (QED) is 0.252. The van der Waals surface area contributed by atoms with Crippen molar-refractivity contribution in [2.75, 3.05) is 5.75 Å². The Labute approximate surface area is 170 Å². The normalized spacial score (nSPS) is 12.8. The van der Waals surface area contributed by atoms with Crippen LogP contribution in [0.25, 0.3) is 0 Å². The van der Waals surface area contributed by atoms with Crippen molar-refractivity contribution < 1.29 is 52.4 Å². The van der Waals surface area contributed by atoms with Gasteiger partial charge in [-0.05, 0) is 31.1 Å². The van der Waals surface area contributed by atoms with Gasteiger partial charge in [0.05, 0.1) is 5.75 Å². The van der Waals surface area contributed by atoms with Crippen LogP contribution in [0.1, 0.15) is 84.5 Å². The summed E-state index contributed by atoms with van der Waals surface area (Å²) < 4.78 is 29.9. The Hall–Kier alpha value is 0.380. The fourth-order valence-electron chi connectivity index (χ4n) is 2.72. The van der Waals surface area contributed by atoms with E-state index >= 15 is 0 Å². The number of carboxylic acids is 1. The molecule has 0 amide bonds. The smallest absolute Gasteiger partial charge is 0.550 e. The molecule has 1 N–H and O–H groups in total. The molecule has 0 spiro atoms. The van der Waals surface area contributed by atoms with E-state index in [1.165, 1.54) is 32.1 Å². The SMILES string of the molecule is CC(C)CCCCCCCCCC(CCCS(=O)(=O)O)C(=O)[O-].[Na+]. The Morgan fingerprint density at radius 2 is 1.29 bits per heavy atom. The fourth-order valence-corrected chi connectivity index (χ4v) is 3.25. The molecule has 24 heavy (non-hydrogen) atoms. The van der Waals surface area contributed by atoms with Crippen molar-refractivity contribution in [3.05, 3.63) is 0 Å². The maximum absolute atomic E-state index is 11.0. The maximum Gasteiger partial charge on any atom is 1.00 e. The molecule has 0 fully saturated rings. The molecule has 138 valence electrons. The number of rotatable bonds is 15. The van der Waals surface area contributed by atoms with Crippen molar-refractivity contribution in [2.45, 2.75) is 84.5 Å². The predicted octanol–water partition coefficient (Wildman–Crippen LogP) is 0.191. The summed E-state index contributed by atoms with van der Waals surface area (Å²) in [6.45, 7) is 4.48. The van der Waals surface area contributed by atoms with Gasteiger partial charge < -0.3 is 9.90 Å². The Balaban J connectivity index is 0. The van der Waals surface area contributed by atoms with E-state index in [4.69, 9.17) is 4.55 Å². The molecule has 0 aromatic rings. The number of carbonyl (C=O) groups is 1. The molecule has 1 atom stereocenters. The molecular weight excluding hydrogens is 339 g/mol. The average Bonchev–Trinajstić information content (AvgIpc) is 2.41. The van der Waals surface area contributed by atoms with Gasteiger partial charge >= 0.3 is 29.6 Å². The third-order valence-electron chi connectivity index (χ3n) is 4.12. The number of carboxylic acid groups (broad SMARTS) is 1. The Bertz CT molecular complexity index is 409. The van der Waals surface area contributed by atoms with Gasteiger partial charge in [0.15, 0.2) is 0 Å². The Kier molecular flexibility index (Phi) is 17.3. The zero-order chi connectivity index (χ0) is 17.7. The summed E-state index contributed by atoms with van der Waals surface area (Å²) in [7, 11) is -4.00. The number of aliphatic carboxylic acids is 1. The second kappa shape index (κ2) is 15.6. The van der Waals surface area contributed by atoms with Gasteiger partial charge in [0, 0.05) is 5.97 Å². The molecule has 0 rings (SSSR count). The van der Waals surface area contributed by atoms with Crippen LogP contribution in [0.15, 0.2) is 0 Å². The summed E-state index contributed by atoms with van der Waals surface area (Å²) in [5, 5.41) is 11.0. The van der Waals surface area contributed by atoms with Crippen LogP contribution in [0.5, 0.6) is 0 Å². The summed E-state index contributed by atoms with van der Waals surface area (Å²) in [6, 6.07) is 0. The van der Waals surface area contributed by atoms with Crippen LogP contribution in [-0.2, 0) is 14.9 Å². The van der Waals surface area contributed by atoms with Crippen LogP contribution in [0.4, 0.5) is 0 Å². The molecule has 0 aliphatic carbocycles. The molecule has 0 saturated heterocycles. The summed E-state index contributed by atoms with van der Waals surface area (Å²) in [5.41, 5.74) is 0. The van der Waals surface area contributed by atoms with E-state index in [-0.39, 0.29) is 48.2 Å². The standard InChI is InChI=1S/C17H34O5S.Na/c1-15(2)11-8-6-4-3-5-7-9-12-16(17(18)19)13-10-14-23(20,21)22;/h15-16H,3-14H2,1-2H3,(H,18,19)(H,20,21,22);/q;+1/p-1. The van der Waals surface area contributed by atoms with Gasteiger partial charge in [0.25, 0.3) is 10.1 Å². The summed E-state index contributed by atoms with van der Waals surface area (Å²) in [4.78, 5) is 11.0. The van der Waals surface area contributed by atoms with Crippen molar-refractivity contribution in [3.63, 3.8) is 0 Å². The van der Waals surface area contributed by atoms with Crippen LogP contribution in [0.2, 0.25) is 0 Å². The molecule has 7 heteroatoms. The molecule has 0 saturated carbocycles. The first-order valence-electron chi connectivity index (χ1n) is 8.88. The molecule has 0 aromatic carbocycles. The molecule has 0 aliphatic rings. The number of unbranched alkanes of at least 4 members (excludes halogenated alkanes) is 6. The number of hydrogen-bond acceptors (Lipinski definition) is 4. The van der Waals surface area contributed by atoms with E-state index in [0.717, 1.165) is 25.2 Å². The molecule has 1 unspecified atom stereocenters. The number of carbonyl (C=O) groups excluding carboxylic acids is 1. The van der Waals surface area contributed by atoms with Gasteiger partial charge in [-0.25, -0.2) is 0 Å². The third kappa shape index (κ3) is 18.7. The largest absolute Gasteiger partial charge is 1.00 e. The topological polar surface area (TPSA) is 94.5 Å². The first kappa shape index (κ1) is 26.6. The monoisotopic (exact) mass is 372 g/mol. The van der Waals surface area contributed by atoms with Crippen LogP contribution in [0, 0.1) is 11.8 Å². The first-order valence-corrected chi connectivity index (χ1v) is 10.5. The zero-order valence-electron chi connectivity index (χ0n) is 15.6. The van der Waals surface area contributed by atoms with Crippen molar-refractivity contribution in [1.29, 1.82) is 0 Å². The van der Waals surface area contributed by atoms with E-state index < -0.39 is 22.0 Å². The van der Waals surface area contributed by atoms with Crippen molar-refractivity contribution >= 4 is 16.1 Å². The van der Waals surface area contributed by atoms with Crippen molar-refractivity contribution in [3.8, 4) is 0 Å². The molecule has 0 aliphatic heterocycles. The van der Waals surface area contributed by atoms with E-state index in [1.807, 2.05) is 0 Å². The minimum absolute atomic E-state index is 0. The first-order chi connectivity index (χ1) is 10.7. The second-order valence-corrected chi connectivity index (χ2v) is 8.46. The van der Waals surface area contributed by atoms with E-state index in [9.17, 15) is 18.3 Å². The summed E-state index contributed by atoms with van der Waals surface area (Å²) in [5.74, 6) is -1.33. The van der Waals surface area contributed by atoms with E-state index in [2.05, 4.69) is 13.8 Å². The van der Waals surface area contributed by atoms with Gasteiger partial charge in [-0.3, -0.25) is 4.55 Å². The van der Waals surface area contributed by atoms with Crippen molar-refractivity contribution in [2.24, 2.45) is 11.8 Å². The summed E-state index contributed by atoms with van der Waals surface area (Å²) in [6.07, 6.45) is 10.2. The molecule has 0 aromatic heterocycles. The molecule has 5 nitrogen and oxygen atoms in total. The maximum atomic E-state index is 11.0. The van der Waals surface area contributed by atoms with Crippen LogP contribution >= 0.6 is 0 Å². The average molecular weight is 373 g/mol. The van der Waals surface area contributed by atoms with E-state index in [0.29, 0.717) is 6.42 Å². The molecule has 0 bridgehead atoms. The predicted molar refractivity (Wildman–Crippen MR) is 90.5 cm³/mol. The molecule has 0 heterocycles. The third-order valence-corrected chi connectivity index (χ3v) is 4.93. The minimum atomic E-state index is -4.00. The molecular formula is C17H33NaO5S. The van der Waals surface area contributed by atoms with Gasteiger partial charge in [-0.1, -0.05) is 65.2 Å². The minimum Gasteiger partial charge on any atom is -0.550 e.